The maximum Gasteiger partial charge on any atom is 0.243 e. The van der Waals surface area contributed by atoms with Gasteiger partial charge in [-0.3, -0.25) is 4.79 Å². The van der Waals surface area contributed by atoms with Gasteiger partial charge in [0, 0.05) is 25.3 Å². The molecule has 110 valence electrons. The van der Waals surface area contributed by atoms with E-state index in [0.29, 0.717) is 31.5 Å². The number of sulfonamides is 1. The highest BCUT2D eigenvalue weighted by Crippen LogP contribution is 2.24. The maximum atomic E-state index is 12.5. The second kappa shape index (κ2) is 6.03. The molecule has 0 radical (unpaired) electrons. The molecule has 1 saturated heterocycles. The van der Waals surface area contributed by atoms with E-state index < -0.39 is 10.0 Å². The highest BCUT2D eigenvalue weighted by Gasteiger charge is 2.29. The van der Waals surface area contributed by atoms with E-state index in [0.717, 1.165) is 0 Å². The largest absolute Gasteiger partial charge is 0.396 e. The van der Waals surface area contributed by atoms with E-state index in [4.69, 9.17) is 5.11 Å². The summed E-state index contributed by atoms with van der Waals surface area (Å²) in [6, 6.07) is 6.14. The molecule has 2 rings (SSSR count). The number of hydrogen-bond donors (Lipinski definition) is 1. The number of Topliss-reactive ketones (excluding diaryl/α,β-unsaturated/α-hetero) is 1. The van der Waals surface area contributed by atoms with E-state index >= 15 is 0 Å². The van der Waals surface area contributed by atoms with E-state index in [1.54, 1.807) is 12.1 Å². The van der Waals surface area contributed by atoms with E-state index in [2.05, 4.69) is 0 Å². The standard InChI is InChI=1S/C14H19NO4S/c1-11(17)13-3-2-4-14(9-13)20(18,19)15-7-5-12(10-16)6-8-15/h2-4,9,12,16H,5-8,10H2,1H3. The summed E-state index contributed by atoms with van der Waals surface area (Å²) in [7, 11) is -3.55. The second-order valence-corrected chi connectivity index (χ2v) is 7.05. The van der Waals surface area contributed by atoms with Crippen molar-refractivity contribution in [2.24, 2.45) is 5.92 Å². The summed E-state index contributed by atoms with van der Waals surface area (Å²) in [6.07, 6.45) is 1.34. The predicted molar refractivity (Wildman–Crippen MR) is 75.0 cm³/mol. The topological polar surface area (TPSA) is 74.7 Å². The van der Waals surface area contributed by atoms with Crippen LogP contribution in [0.1, 0.15) is 30.1 Å². The first kappa shape index (κ1) is 15.2. The number of benzene rings is 1. The lowest BCUT2D eigenvalue weighted by atomic mass is 10.00. The number of hydrogen-bond acceptors (Lipinski definition) is 4. The molecule has 1 aliphatic heterocycles. The Morgan fingerprint density at radius 1 is 1.35 bits per heavy atom. The smallest absolute Gasteiger partial charge is 0.243 e. The lowest BCUT2D eigenvalue weighted by molar-refractivity contribution is 0.101. The lowest BCUT2D eigenvalue weighted by Crippen LogP contribution is -2.39. The maximum absolute atomic E-state index is 12.5. The Hall–Kier alpha value is -1.24. The van der Waals surface area contributed by atoms with Crippen molar-refractivity contribution in [2.45, 2.75) is 24.7 Å². The fourth-order valence-corrected chi connectivity index (χ4v) is 3.87. The SMILES string of the molecule is CC(=O)c1cccc(S(=O)(=O)N2CCC(CO)CC2)c1. The average Bonchev–Trinajstić information content (AvgIpc) is 2.47. The van der Waals surface area contributed by atoms with Crippen LogP contribution in [0.5, 0.6) is 0 Å². The molecule has 0 saturated carbocycles. The molecular formula is C14H19NO4S. The van der Waals surface area contributed by atoms with Gasteiger partial charge in [-0.05, 0) is 37.8 Å². The summed E-state index contributed by atoms with van der Waals surface area (Å²) in [5.41, 5.74) is 0.399. The quantitative estimate of drug-likeness (QED) is 0.850. The van der Waals surface area contributed by atoms with E-state index in [1.807, 2.05) is 0 Å². The Morgan fingerprint density at radius 3 is 2.55 bits per heavy atom. The predicted octanol–water partition coefficient (Wildman–Crippen LogP) is 1.28. The first-order valence-electron chi connectivity index (χ1n) is 6.67. The minimum absolute atomic E-state index is 0.105. The van der Waals surface area contributed by atoms with Crippen LogP contribution in [0.4, 0.5) is 0 Å². The number of aliphatic hydroxyl groups is 1. The normalized spacial score (nSPS) is 18.1. The van der Waals surface area contributed by atoms with E-state index in [-0.39, 0.29) is 23.2 Å². The van der Waals surface area contributed by atoms with Gasteiger partial charge in [-0.15, -0.1) is 0 Å². The Morgan fingerprint density at radius 2 is 2.00 bits per heavy atom. The Labute approximate surface area is 119 Å². The van der Waals surface area contributed by atoms with Gasteiger partial charge in [0.2, 0.25) is 10.0 Å². The third-order valence-corrected chi connectivity index (χ3v) is 5.60. The van der Waals surface area contributed by atoms with Gasteiger partial charge in [-0.1, -0.05) is 12.1 Å². The summed E-state index contributed by atoms with van der Waals surface area (Å²) in [5.74, 6) is 0.0334. The van der Waals surface area contributed by atoms with Gasteiger partial charge in [0.05, 0.1) is 4.90 Å². The van der Waals surface area contributed by atoms with Crippen LogP contribution in [-0.4, -0.2) is 43.3 Å². The molecule has 5 nitrogen and oxygen atoms in total. The lowest BCUT2D eigenvalue weighted by Gasteiger charge is -2.30. The van der Waals surface area contributed by atoms with Gasteiger partial charge in [0.25, 0.3) is 0 Å². The van der Waals surface area contributed by atoms with Crippen molar-refractivity contribution in [1.29, 1.82) is 0 Å². The third-order valence-electron chi connectivity index (χ3n) is 3.71. The molecule has 0 bridgehead atoms. The van der Waals surface area contributed by atoms with Gasteiger partial charge >= 0.3 is 0 Å². The van der Waals surface area contributed by atoms with Gasteiger partial charge < -0.3 is 5.11 Å². The van der Waals surface area contributed by atoms with Crippen molar-refractivity contribution >= 4 is 15.8 Å². The first-order valence-corrected chi connectivity index (χ1v) is 8.11. The molecule has 0 unspecified atom stereocenters. The van der Waals surface area contributed by atoms with Crippen LogP contribution in [0, 0.1) is 5.92 Å². The fraction of sp³-hybridized carbons (Fsp3) is 0.500. The third kappa shape index (κ3) is 3.08. The Balaban J connectivity index is 2.23. The van der Waals surface area contributed by atoms with Crippen molar-refractivity contribution < 1.29 is 18.3 Å². The van der Waals surface area contributed by atoms with Crippen molar-refractivity contribution in [3.63, 3.8) is 0 Å². The monoisotopic (exact) mass is 297 g/mol. The van der Waals surface area contributed by atoms with Crippen LogP contribution >= 0.6 is 0 Å². The van der Waals surface area contributed by atoms with Crippen molar-refractivity contribution in [3.05, 3.63) is 29.8 Å². The van der Waals surface area contributed by atoms with Crippen LogP contribution < -0.4 is 0 Å². The molecule has 0 aliphatic carbocycles. The zero-order valence-electron chi connectivity index (χ0n) is 11.4. The fourth-order valence-electron chi connectivity index (χ4n) is 2.36. The number of carbonyl (C=O) groups excluding carboxylic acids is 1. The highest BCUT2D eigenvalue weighted by molar-refractivity contribution is 7.89. The molecule has 1 fully saturated rings. The van der Waals surface area contributed by atoms with Crippen molar-refractivity contribution in [3.8, 4) is 0 Å². The summed E-state index contributed by atoms with van der Waals surface area (Å²) in [4.78, 5) is 11.5. The molecule has 0 aromatic heterocycles. The summed E-state index contributed by atoms with van der Waals surface area (Å²) < 4.78 is 26.4. The van der Waals surface area contributed by atoms with E-state index in [9.17, 15) is 13.2 Å². The summed E-state index contributed by atoms with van der Waals surface area (Å²) in [5, 5.41) is 9.09. The number of nitrogens with zero attached hydrogens (tertiary/aromatic N) is 1. The van der Waals surface area contributed by atoms with Gasteiger partial charge in [-0.2, -0.15) is 4.31 Å². The zero-order chi connectivity index (χ0) is 14.8. The second-order valence-electron chi connectivity index (χ2n) is 5.11. The molecule has 0 atom stereocenters. The molecule has 6 heteroatoms. The molecule has 1 aliphatic rings. The molecule has 1 heterocycles. The van der Waals surface area contributed by atoms with Crippen LogP contribution in [0.2, 0.25) is 0 Å². The van der Waals surface area contributed by atoms with Gasteiger partial charge in [0.15, 0.2) is 5.78 Å². The average molecular weight is 297 g/mol. The molecule has 0 amide bonds. The molecule has 1 aromatic carbocycles. The van der Waals surface area contributed by atoms with Crippen LogP contribution in [0.15, 0.2) is 29.2 Å². The number of piperidine rings is 1. The minimum Gasteiger partial charge on any atom is -0.396 e. The Bertz CT molecular complexity index is 589. The molecule has 0 spiro atoms. The zero-order valence-corrected chi connectivity index (χ0v) is 12.3. The number of rotatable bonds is 4. The molecule has 1 N–H and O–H groups in total. The molecule has 20 heavy (non-hydrogen) atoms. The number of carbonyl (C=O) groups is 1. The van der Waals surface area contributed by atoms with Crippen LogP contribution in [0.25, 0.3) is 0 Å². The van der Waals surface area contributed by atoms with E-state index in [1.165, 1.54) is 23.4 Å². The first-order chi connectivity index (χ1) is 9.45. The van der Waals surface area contributed by atoms with Crippen LogP contribution in [-0.2, 0) is 10.0 Å². The molecule has 1 aromatic rings. The van der Waals surface area contributed by atoms with Gasteiger partial charge in [0.1, 0.15) is 0 Å². The molecular weight excluding hydrogens is 278 g/mol. The number of ketones is 1. The summed E-state index contributed by atoms with van der Waals surface area (Å²) in [6.45, 7) is 2.35. The van der Waals surface area contributed by atoms with Crippen molar-refractivity contribution in [1.82, 2.24) is 4.31 Å². The Kier molecular flexibility index (Phi) is 4.57. The highest BCUT2D eigenvalue weighted by atomic mass is 32.2. The van der Waals surface area contributed by atoms with Crippen LogP contribution in [0.3, 0.4) is 0 Å². The summed E-state index contributed by atoms with van der Waals surface area (Å²) >= 11 is 0. The van der Waals surface area contributed by atoms with Gasteiger partial charge in [-0.25, -0.2) is 8.42 Å². The minimum atomic E-state index is -3.55. The number of aliphatic hydroxyl groups excluding tert-OH is 1. The van der Waals surface area contributed by atoms with Crippen molar-refractivity contribution in [2.75, 3.05) is 19.7 Å².